The Kier molecular flexibility index (Phi) is 5.97. The maximum Gasteiger partial charge on any atom is 0.167 e. The van der Waals surface area contributed by atoms with Crippen LogP contribution in [0.2, 0.25) is 0 Å². The summed E-state index contributed by atoms with van der Waals surface area (Å²) in [6, 6.07) is 2.88. The van der Waals surface area contributed by atoms with Crippen molar-refractivity contribution in [1.29, 1.82) is 0 Å². The number of nitrogens with one attached hydrogen (secondary N) is 1. The lowest BCUT2D eigenvalue weighted by Crippen LogP contribution is -2.05. The number of hydrogen-bond acceptors (Lipinski definition) is 4. The van der Waals surface area contributed by atoms with E-state index in [-0.39, 0.29) is 5.75 Å². The summed E-state index contributed by atoms with van der Waals surface area (Å²) in [6.07, 6.45) is 4.32. The Bertz CT molecular complexity index is 361. The second kappa shape index (κ2) is 7.27. The number of benzene rings is 1. The van der Waals surface area contributed by atoms with Gasteiger partial charge in [-0.2, -0.15) is 11.8 Å². The second-order valence-electron chi connectivity index (χ2n) is 3.70. The summed E-state index contributed by atoms with van der Waals surface area (Å²) >= 11 is 1.84. The van der Waals surface area contributed by atoms with Gasteiger partial charge in [0.15, 0.2) is 11.6 Å². The minimum Gasteiger partial charge on any atom is -0.494 e. The first kappa shape index (κ1) is 14.0. The molecule has 0 amide bonds. The van der Waals surface area contributed by atoms with Crippen molar-refractivity contribution >= 4 is 23.1 Å². The zero-order valence-corrected chi connectivity index (χ0v) is 11.1. The van der Waals surface area contributed by atoms with E-state index in [4.69, 9.17) is 10.5 Å². The number of halogens is 1. The fourth-order valence-corrected chi connectivity index (χ4v) is 1.97. The number of unbranched alkanes of at least 4 members (excludes halogenated alkanes) is 1. The zero-order valence-electron chi connectivity index (χ0n) is 10.3. The van der Waals surface area contributed by atoms with Crippen LogP contribution in [0.3, 0.4) is 0 Å². The van der Waals surface area contributed by atoms with Crippen LogP contribution in [0, 0.1) is 5.82 Å². The molecule has 3 nitrogen and oxygen atoms in total. The molecule has 0 aliphatic carbocycles. The Morgan fingerprint density at radius 3 is 2.82 bits per heavy atom. The molecule has 0 spiro atoms. The van der Waals surface area contributed by atoms with Gasteiger partial charge in [0.05, 0.1) is 18.5 Å². The van der Waals surface area contributed by atoms with Crippen molar-refractivity contribution in [2.75, 3.05) is 36.7 Å². The van der Waals surface area contributed by atoms with Gasteiger partial charge in [0.2, 0.25) is 0 Å². The zero-order chi connectivity index (χ0) is 12.7. The molecule has 0 radical (unpaired) electrons. The third-order valence-electron chi connectivity index (χ3n) is 2.41. The highest BCUT2D eigenvalue weighted by atomic mass is 32.2. The van der Waals surface area contributed by atoms with E-state index in [1.165, 1.54) is 13.2 Å². The summed E-state index contributed by atoms with van der Waals surface area (Å²) in [7, 11) is 1.44. The molecule has 0 saturated carbocycles. The number of methoxy groups -OCH3 is 1. The second-order valence-corrected chi connectivity index (χ2v) is 4.69. The van der Waals surface area contributed by atoms with Gasteiger partial charge in [-0.3, -0.25) is 0 Å². The molecule has 0 atom stereocenters. The number of nitrogens with two attached hydrogens (primary N) is 1. The Balaban J connectivity index is 2.52. The van der Waals surface area contributed by atoms with Crippen molar-refractivity contribution in [1.82, 2.24) is 0 Å². The molecule has 96 valence electrons. The van der Waals surface area contributed by atoms with Crippen LogP contribution in [0.5, 0.6) is 5.75 Å². The summed E-state index contributed by atoms with van der Waals surface area (Å²) in [5.74, 6) is 0.938. The Morgan fingerprint density at radius 2 is 2.18 bits per heavy atom. The highest BCUT2D eigenvalue weighted by Crippen LogP contribution is 2.27. The molecule has 1 aromatic carbocycles. The van der Waals surface area contributed by atoms with E-state index in [2.05, 4.69) is 11.6 Å². The van der Waals surface area contributed by atoms with E-state index in [0.29, 0.717) is 5.69 Å². The number of rotatable bonds is 7. The van der Waals surface area contributed by atoms with Gasteiger partial charge in [0.1, 0.15) is 0 Å². The molecule has 17 heavy (non-hydrogen) atoms. The number of ether oxygens (including phenoxy) is 1. The summed E-state index contributed by atoms with van der Waals surface area (Å²) in [5.41, 5.74) is 6.86. The topological polar surface area (TPSA) is 47.3 Å². The molecule has 5 heteroatoms. The van der Waals surface area contributed by atoms with Crippen LogP contribution in [0.4, 0.5) is 15.8 Å². The van der Waals surface area contributed by atoms with Crippen LogP contribution >= 0.6 is 11.8 Å². The van der Waals surface area contributed by atoms with Gasteiger partial charge in [0, 0.05) is 18.7 Å². The van der Waals surface area contributed by atoms with E-state index in [0.717, 1.165) is 30.8 Å². The van der Waals surface area contributed by atoms with Gasteiger partial charge in [-0.05, 0) is 24.9 Å². The van der Waals surface area contributed by atoms with Crippen molar-refractivity contribution in [3.05, 3.63) is 17.9 Å². The summed E-state index contributed by atoms with van der Waals surface area (Å²) in [6.45, 7) is 0.833. The monoisotopic (exact) mass is 258 g/mol. The maximum absolute atomic E-state index is 13.3. The molecule has 0 aromatic heterocycles. The minimum absolute atomic E-state index is 0.214. The van der Waals surface area contributed by atoms with Crippen molar-refractivity contribution in [3.8, 4) is 5.75 Å². The van der Waals surface area contributed by atoms with Crippen LogP contribution in [0.1, 0.15) is 12.8 Å². The lowest BCUT2D eigenvalue weighted by atomic mass is 10.2. The van der Waals surface area contributed by atoms with E-state index in [1.807, 2.05) is 11.8 Å². The van der Waals surface area contributed by atoms with Gasteiger partial charge >= 0.3 is 0 Å². The van der Waals surface area contributed by atoms with Gasteiger partial charge in [0.25, 0.3) is 0 Å². The molecule has 0 bridgehead atoms. The Morgan fingerprint density at radius 1 is 1.41 bits per heavy atom. The molecule has 0 aliphatic rings. The third kappa shape index (κ3) is 4.34. The summed E-state index contributed by atoms with van der Waals surface area (Å²) < 4.78 is 18.2. The number of thioether (sulfide) groups is 1. The normalized spacial score (nSPS) is 10.3. The van der Waals surface area contributed by atoms with Crippen molar-refractivity contribution < 1.29 is 9.13 Å². The SMILES string of the molecule is COc1cc(NCCCCSC)c(N)cc1F. The molecule has 0 fully saturated rings. The Hall–Kier alpha value is -1.10. The quantitative estimate of drug-likeness (QED) is 0.583. The van der Waals surface area contributed by atoms with E-state index < -0.39 is 5.82 Å². The molecular weight excluding hydrogens is 239 g/mol. The van der Waals surface area contributed by atoms with E-state index in [1.54, 1.807) is 6.07 Å². The molecule has 1 rings (SSSR count). The van der Waals surface area contributed by atoms with Crippen molar-refractivity contribution in [2.24, 2.45) is 0 Å². The highest BCUT2D eigenvalue weighted by Gasteiger charge is 2.07. The molecule has 3 N–H and O–H groups in total. The first-order valence-electron chi connectivity index (χ1n) is 5.55. The van der Waals surface area contributed by atoms with Gasteiger partial charge in [-0.15, -0.1) is 0 Å². The van der Waals surface area contributed by atoms with Crippen LogP contribution in [-0.4, -0.2) is 25.7 Å². The van der Waals surface area contributed by atoms with Crippen LogP contribution in [0.15, 0.2) is 12.1 Å². The minimum atomic E-state index is -0.432. The molecular formula is C12H19FN2OS. The van der Waals surface area contributed by atoms with Crippen LogP contribution in [-0.2, 0) is 0 Å². The van der Waals surface area contributed by atoms with Gasteiger partial charge in [-0.1, -0.05) is 0 Å². The molecule has 1 aromatic rings. The summed E-state index contributed by atoms with van der Waals surface area (Å²) in [5, 5.41) is 3.19. The molecule has 0 heterocycles. The lowest BCUT2D eigenvalue weighted by Gasteiger charge is -2.11. The predicted molar refractivity (Wildman–Crippen MR) is 73.5 cm³/mol. The van der Waals surface area contributed by atoms with Gasteiger partial charge in [-0.25, -0.2) is 4.39 Å². The number of hydrogen-bond donors (Lipinski definition) is 2. The first-order chi connectivity index (χ1) is 8.19. The first-order valence-corrected chi connectivity index (χ1v) is 6.94. The summed E-state index contributed by atoms with van der Waals surface area (Å²) in [4.78, 5) is 0. The molecule has 0 saturated heterocycles. The van der Waals surface area contributed by atoms with E-state index >= 15 is 0 Å². The van der Waals surface area contributed by atoms with Crippen LogP contribution in [0.25, 0.3) is 0 Å². The average molecular weight is 258 g/mol. The molecule has 0 unspecified atom stereocenters. The molecule has 0 aliphatic heterocycles. The maximum atomic E-state index is 13.3. The smallest absolute Gasteiger partial charge is 0.167 e. The largest absolute Gasteiger partial charge is 0.494 e. The van der Waals surface area contributed by atoms with Crippen LogP contribution < -0.4 is 15.8 Å². The average Bonchev–Trinajstić information content (AvgIpc) is 2.31. The Labute approximate surface area is 106 Å². The van der Waals surface area contributed by atoms with Crippen molar-refractivity contribution in [2.45, 2.75) is 12.8 Å². The fraction of sp³-hybridized carbons (Fsp3) is 0.500. The highest BCUT2D eigenvalue weighted by molar-refractivity contribution is 7.98. The van der Waals surface area contributed by atoms with E-state index in [9.17, 15) is 4.39 Å². The lowest BCUT2D eigenvalue weighted by molar-refractivity contribution is 0.387. The third-order valence-corrected chi connectivity index (χ3v) is 3.11. The van der Waals surface area contributed by atoms with Gasteiger partial charge < -0.3 is 15.8 Å². The number of nitrogen functional groups attached to an aromatic ring is 1. The van der Waals surface area contributed by atoms with Crippen molar-refractivity contribution in [3.63, 3.8) is 0 Å². The number of anilines is 2. The standard InChI is InChI=1S/C12H19FN2OS/c1-16-12-8-11(10(14)7-9(12)13)15-5-3-4-6-17-2/h7-8,15H,3-6,14H2,1-2H3. The fourth-order valence-electron chi connectivity index (χ4n) is 1.47. The predicted octanol–water partition coefficient (Wildman–Crippen LogP) is 2.97.